The largest absolute Gasteiger partial charge is 0.311 e. The number of hydrogen-bond acceptors (Lipinski definition) is 2. The number of benzene rings is 10. The van der Waals surface area contributed by atoms with Crippen molar-refractivity contribution in [3.05, 3.63) is 249 Å². The Morgan fingerprint density at radius 1 is 0.242 bits per heavy atom. The normalized spacial score (nSPS) is 11.2. The van der Waals surface area contributed by atoms with Gasteiger partial charge < -0.3 is 4.90 Å². The first kappa shape index (κ1) is 37.2. The zero-order valence-corrected chi connectivity index (χ0v) is 34.8. The molecule has 0 aliphatic heterocycles. The highest BCUT2D eigenvalue weighted by atomic mass is 32.1. The van der Waals surface area contributed by atoms with Gasteiger partial charge in [0, 0.05) is 37.2 Å². The first-order chi connectivity index (χ1) is 30.7. The molecule has 0 saturated heterocycles. The van der Waals surface area contributed by atoms with Gasteiger partial charge in [0.25, 0.3) is 0 Å². The van der Waals surface area contributed by atoms with Crippen molar-refractivity contribution in [2.75, 3.05) is 4.90 Å². The van der Waals surface area contributed by atoms with Crippen molar-refractivity contribution in [2.45, 2.75) is 0 Å². The zero-order valence-electron chi connectivity index (χ0n) is 34.0. The highest BCUT2D eigenvalue weighted by Gasteiger charge is 2.16. The lowest BCUT2D eigenvalue weighted by atomic mass is 9.93. The Hall–Kier alpha value is -7.78. The SMILES string of the molecule is c1ccc(-c2ccc(N(c3ccc(-c4cc(-c5ccccc5)cc(-c5ccccc5)c4)cc3)c3ccc(-c4cccc(-c5cccc6sc7ccccc7c56)c4)cc3)cc2)cc1. The van der Waals surface area contributed by atoms with Crippen LogP contribution in [0.2, 0.25) is 0 Å². The van der Waals surface area contributed by atoms with E-state index in [-0.39, 0.29) is 0 Å². The average Bonchev–Trinajstić information content (AvgIpc) is 3.75. The molecular weight excluding hydrogens is 767 g/mol. The molecular formula is C60H41NS. The minimum atomic E-state index is 1.09. The molecule has 0 atom stereocenters. The summed E-state index contributed by atoms with van der Waals surface area (Å²) >= 11 is 1.87. The molecule has 1 heterocycles. The van der Waals surface area contributed by atoms with Gasteiger partial charge in [-0.3, -0.25) is 0 Å². The topological polar surface area (TPSA) is 3.24 Å². The highest BCUT2D eigenvalue weighted by molar-refractivity contribution is 7.25. The third-order valence-electron chi connectivity index (χ3n) is 11.9. The van der Waals surface area contributed by atoms with Crippen LogP contribution in [0.5, 0.6) is 0 Å². The minimum absolute atomic E-state index is 1.09. The van der Waals surface area contributed by atoms with Crippen LogP contribution in [0.3, 0.4) is 0 Å². The van der Waals surface area contributed by atoms with Crippen LogP contribution in [0, 0.1) is 0 Å². The summed E-state index contributed by atoms with van der Waals surface area (Å²) in [5.41, 5.74) is 17.7. The molecule has 0 spiro atoms. The summed E-state index contributed by atoms with van der Waals surface area (Å²) in [7, 11) is 0. The Bertz CT molecular complexity index is 3240. The summed E-state index contributed by atoms with van der Waals surface area (Å²) in [4.78, 5) is 2.36. The summed E-state index contributed by atoms with van der Waals surface area (Å²) in [6.07, 6.45) is 0. The second-order valence-electron chi connectivity index (χ2n) is 15.7. The molecule has 292 valence electrons. The molecule has 10 aromatic carbocycles. The molecule has 1 nitrogen and oxygen atoms in total. The average molecular weight is 808 g/mol. The van der Waals surface area contributed by atoms with Gasteiger partial charge in [-0.15, -0.1) is 11.3 Å². The fourth-order valence-electron chi connectivity index (χ4n) is 8.76. The van der Waals surface area contributed by atoms with E-state index >= 15 is 0 Å². The van der Waals surface area contributed by atoms with Crippen molar-refractivity contribution in [1.82, 2.24) is 0 Å². The summed E-state index contributed by atoms with van der Waals surface area (Å²) in [6.45, 7) is 0. The zero-order chi connectivity index (χ0) is 41.2. The van der Waals surface area contributed by atoms with E-state index in [9.17, 15) is 0 Å². The first-order valence-electron chi connectivity index (χ1n) is 21.2. The predicted octanol–water partition coefficient (Wildman–Crippen LogP) is 17.5. The maximum atomic E-state index is 2.36. The lowest BCUT2D eigenvalue weighted by molar-refractivity contribution is 1.28. The Kier molecular flexibility index (Phi) is 9.82. The summed E-state index contributed by atoms with van der Waals surface area (Å²) < 4.78 is 2.64. The maximum Gasteiger partial charge on any atom is 0.0462 e. The van der Waals surface area contributed by atoms with Crippen molar-refractivity contribution in [1.29, 1.82) is 0 Å². The Labute approximate surface area is 367 Å². The number of anilines is 3. The Morgan fingerprint density at radius 3 is 1.13 bits per heavy atom. The van der Waals surface area contributed by atoms with Crippen molar-refractivity contribution in [3.63, 3.8) is 0 Å². The molecule has 11 rings (SSSR count). The van der Waals surface area contributed by atoms with E-state index in [1.54, 1.807) is 0 Å². The lowest BCUT2D eigenvalue weighted by Gasteiger charge is -2.26. The molecule has 0 saturated carbocycles. The fourth-order valence-corrected chi connectivity index (χ4v) is 9.89. The summed E-state index contributed by atoms with van der Waals surface area (Å²) in [6, 6.07) is 90.2. The number of hydrogen-bond donors (Lipinski definition) is 0. The first-order valence-corrected chi connectivity index (χ1v) is 22.0. The number of fused-ring (bicyclic) bond motifs is 3. The molecule has 1 aromatic heterocycles. The van der Waals surface area contributed by atoms with Gasteiger partial charge in [-0.1, -0.05) is 176 Å². The van der Waals surface area contributed by atoms with Crippen LogP contribution in [0.15, 0.2) is 249 Å². The third-order valence-corrected chi connectivity index (χ3v) is 13.0. The quantitative estimate of drug-likeness (QED) is 0.140. The molecule has 0 aliphatic carbocycles. The molecule has 0 amide bonds. The second-order valence-corrected chi connectivity index (χ2v) is 16.8. The van der Waals surface area contributed by atoms with Gasteiger partial charge in [0.1, 0.15) is 0 Å². The van der Waals surface area contributed by atoms with E-state index in [1.165, 1.54) is 86.9 Å². The van der Waals surface area contributed by atoms with Gasteiger partial charge in [0.05, 0.1) is 0 Å². The van der Waals surface area contributed by atoms with Crippen molar-refractivity contribution in [2.24, 2.45) is 0 Å². The van der Waals surface area contributed by atoms with Crippen molar-refractivity contribution >= 4 is 48.6 Å². The van der Waals surface area contributed by atoms with Gasteiger partial charge >= 0.3 is 0 Å². The lowest BCUT2D eigenvalue weighted by Crippen LogP contribution is -2.09. The summed E-state index contributed by atoms with van der Waals surface area (Å²) in [5, 5.41) is 2.65. The van der Waals surface area contributed by atoms with Gasteiger partial charge in [-0.2, -0.15) is 0 Å². The minimum Gasteiger partial charge on any atom is -0.311 e. The van der Waals surface area contributed by atoms with Gasteiger partial charge in [0.2, 0.25) is 0 Å². The third kappa shape index (κ3) is 7.28. The Balaban J connectivity index is 0.962. The van der Waals surface area contributed by atoms with Crippen LogP contribution in [0.4, 0.5) is 17.1 Å². The highest BCUT2D eigenvalue weighted by Crippen LogP contribution is 2.42. The molecule has 0 aliphatic rings. The molecule has 2 heteroatoms. The Morgan fingerprint density at radius 2 is 0.597 bits per heavy atom. The number of nitrogens with zero attached hydrogens (tertiary/aromatic N) is 1. The van der Waals surface area contributed by atoms with Crippen LogP contribution in [0.25, 0.3) is 86.9 Å². The molecule has 62 heavy (non-hydrogen) atoms. The van der Waals surface area contributed by atoms with E-state index in [0.29, 0.717) is 0 Å². The molecule has 0 radical (unpaired) electrons. The second kappa shape index (κ2) is 16.3. The van der Waals surface area contributed by atoms with E-state index < -0.39 is 0 Å². The molecule has 0 fully saturated rings. The predicted molar refractivity (Wildman–Crippen MR) is 267 cm³/mol. The van der Waals surface area contributed by atoms with Gasteiger partial charge in [-0.05, 0) is 140 Å². The van der Waals surface area contributed by atoms with Crippen LogP contribution in [0.1, 0.15) is 0 Å². The standard InChI is InChI=1S/C60H41NS/c1-4-14-42(15-5-1)45-26-32-53(33-27-45)61(55-36-30-47(31-37-55)52-40-50(43-16-6-2-7-17-43)39-51(41-52)44-18-8-3-9-19-44)54-34-28-46(29-35-54)48-20-12-21-49(38-48)56-23-13-25-59-60(56)57-22-10-11-24-58(57)62-59/h1-41H. The summed E-state index contributed by atoms with van der Waals surface area (Å²) in [5.74, 6) is 0. The van der Waals surface area contributed by atoms with Gasteiger partial charge in [0.15, 0.2) is 0 Å². The molecule has 0 N–H and O–H groups in total. The van der Waals surface area contributed by atoms with Crippen LogP contribution in [-0.2, 0) is 0 Å². The maximum absolute atomic E-state index is 2.36. The fraction of sp³-hybridized carbons (Fsp3) is 0. The monoisotopic (exact) mass is 807 g/mol. The van der Waals surface area contributed by atoms with Crippen LogP contribution in [-0.4, -0.2) is 0 Å². The number of thiophene rings is 1. The van der Waals surface area contributed by atoms with Gasteiger partial charge in [-0.25, -0.2) is 0 Å². The molecule has 0 unspecified atom stereocenters. The smallest absolute Gasteiger partial charge is 0.0462 e. The van der Waals surface area contributed by atoms with Crippen LogP contribution >= 0.6 is 11.3 Å². The van der Waals surface area contributed by atoms with Crippen LogP contribution < -0.4 is 4.90 Å². The molecule has 0 bridgehead atoms. The molecule has 11 aromatic rings. The van der Waals surface area contributed by atoms with E-state index in [2.05, 4.69) is 254 Å². The van der Waals surface area contributed by atoms with Crippen molar-refractivity contribution in [3.8, 4) is 66.8 Å². The van der Waals surface area contributed by atoms with E-state index in [4.69, 9.17) is 0 Å². The van der Waals surface area contributed by atoms with Crippen molar-refractivity contribution < 1.29 is 0 Å². The van der Waals surface area contributed by atoms with E-state index in [0.717, 1.165) is 17.1 Å². The number of rotatable bonds is 9. The van der Waals surface area contributed by atoms with E-state index in [1.807, 2.05) is 11.3 Å².